The van der Waals surface area contributed by atoms with Crippen molar-refractivity contribution in [2.24, 2.45) is 0 Å². The second-order valence-electron chi connectivity index (χ2n) is 7.12. The molecule has 2 fully saturated rings. The molecule has 0 unspecified atom stereocenters. The van der Waals surface area contributed by atoms with Gasteiger partial charge in [-0.1, -0.05) is 0 Å². The SMILES string of the molecule is OC[C@H]1O[C@@H](O[C@H]2[C@H](Oc3ccc(O)cc3)O[C@H](CO)[C@@H](O)[C@@H]2O)[C@H](O)[C@@H](O)[C@@H]1O. The first-order valence-corrected chi connectivity index (χ1v) is 9.31. The van der Waals surface area contributed by atoms with E-state index in [0.717, 1.165) is 0 Å². The highest BCUT2D eigenvalue weighted by molar-refractivity contribution is 5.30. The van der Waals surface area contributed by atoms with Gasteiger partial charge in [0, 0.05) is 0 Å². The summed E-state index contributed by atoms with van der Waals surface area (Å²) in [7, 11) is 0. The molecule has 1 aromatic carbocycles. The van der Waals surface area contributed by atoms with Gasteiger partial charge in [0.1, 0.15) is 54.2 Å². The molecular formula is C18H26O12. The van der Waals surface area contributed by atoms with Gasteiger partial charge in [-0.25, -0.2) is 0 Å². The molecule has 0 aliphatic carbocycles. The first-order chi connectivity index (χ1) is 14.3. The van der Waals surface area contributed by atoms with E-state index < -0.39 is 74.6 Å². The maximum Gasteiger partial charge on any atom is 0.229 e. The van der Waals surface area contributed by atoms with Crippen LogP contribution in [0.25, 0.3) is 0 Å². The third-order valence-corrected chi connectivity index (χ3v) is 5.05. The van der Waals surface area contributed by atoms with E-state index in [1.54, 1.807) is 0 Å². The monoisotopic (exact) mass is 434 g/mol. The summed E-state index contributed by atoms with van der Waals surface area (Å²) in [6.45, 7) is -1.32. The Bertz CT molecular complexity index is 670. The summed E-state index contributed by atoms with van der Waals surface area (Å²) in [5.74, 6) is 0.171. The standard InChI is InChI=1S/C18H26O12/c19-5-9-11(22)13(24)15(26)17(28-9)30-16-14(25)12(23)10(6-20)29-18(16)27-8-3-1-7(21)2-4-8/h1-4,9-26H,5-6H2/t9-,10-,11-,12-,13+,14+,15-,16-,17+,18-/m1/s1. The van der Waals surface area contributed by atoms with Crippen LogP contribution in [0.1, 0.15) is 0 Å². The first kappa shape index (κ1) is 23.1. The fourth-order valence-electron chi connectivity index (χ4n) is 3.29. The lowest BCUT2D eigenvalue weighted by Crippen LogP contribution is -2.65. The van der Waals surface area contributed by atoms with Crippen LogP contribution in [0.2, 0.25) is 0 Å². The number of rotatable bonds is 6. The van der Waals surface area contributed by atoms with Crippen LogP contribution < -0.4 is 4.74 Å². The van der Waals surface area contributed by atoms with Gasteiger partial charge in [0.25, 0.3) is 0 Å². The Labute approximate surface area is 171 Å². The average Bonchev–Trinajstić information content (AvgIpc) is 2.74. The summed E-state index contributed by atoms with van der Waals surface area (Å²) >= 11 is 0. The molecule has 0 amide bonds. The number of hydrogen-bond donors (Lipinski definition) is 8. The minimum Gasteiger partial charge on any atom is -0.508 e. The predicted octanol–water partition coefficient (Wildman–Crippen LogP) is -3.60. The molecule has 2 aliphatic rings. The Morgan fingerprint density at radius 3 is 1.80 bits per heavy atom. The van der Waals surface area contributed by atoms with Crippen LogP contribution in [0, 0.1) is 0 Å². The van der Waals surface area contributed by atoms with E-state index in [1.807, 2.05) is 0 Å². The van der Waals surface area contributed by atoms with E-state index in [1.165, 1.54) is 24.3 Å². The topological polar surface area (TPSA) is 199 Å². The van der Waals surface area contributed by atoms with Gasteiger partial charge in [0.15, 0.2) is 12.4 Å². The molecule has 0 saturated carbocycles. The highest BCUT2D eigenvalue weighted by atomic mass is 16.8. The van der Waals surface area contributed by atoms with Crippen molar-refractivity contribution in [1.29, 1.82) is 0 Å². The average molecular weight is 434 g/mol. The molecule has 30 heavy (non-hydrogen) atoms. The van der Waals surface area contributed by atoms with Crippen LogP contribution in [-0.2, 0) is 14.2 Å². The van der Waals surface area contributed by atoms with Crippen molar-refractivity contribution < 1.29 is 59.8 Å². The van der Waals surface area contributed by atoms with Crippen LogP contribution >= 0.6 is 0 Å². The highest BCUT2D eigenvalue weighted by Gasteiger charge is 2.51. The molecule has 1 aromatic rings. The van der Waals surface area contributed by atoms with Crippen LogP contribution in [0.5, 0.6) is 11.5 Å². The molecule has 0 spiro atoms. The second kappa shape index (κ2) is 9.70. The minimum atomic E-state index is -1.75. The van der Waals surface area contributed by atoms with Gasteiger partial charge >= 0.3 is 0 Å². The van der Waals surface area contributed by atoms with Crippen molar-refractivity contribution in [3.8, 4) is 11.5 Å². The molecule has 2 heterocycles. The molecule has 0 radical (unpaired) electrons. The maximum absolute atomic E-state index is 10.5. The normalized spacial score (nSPS) is 42.1. The molecule has 170 valence electrons. The maximum atomic E-state index is 10.5. The molecule has 0 aromatic heterocycles. The molecule has 2 aliphatic heterocycles. The van der Waals surface area contributed by atoms with Crippen molar-refractivity contribution in [2.45, 2.75) is 61.4 Å². The van der Waals surface area contributed by atoms with Crippen molar-refractivity contribution in [3.05, 3.63) is 24.3 Å². The van der Waals surface area contributed by atoms with E-state index >= 15 is 0 Å². The number of hydrogen-bond acceptors (Lipinski definition) is 12. The zero-order valence-corrected chi connectivity index (χ0v) is 15.7. The van der Waals surface area contributed by atoms with Gasteiger partial charge in [0.2, 0.25) is 6.29 Å². The minimum absolute atomic E-state index is 0.0234. The molecule has 12 heteroatoms. The van der Waals surface area contributed by atoms with Crippen LogP contribution in [0.15, 0.2) is 24.3 Å². The summed E-state index contributed by atoms with van der Waals surface area (Å²) in [6.07, 6.45) is -15.3. The summed E-state index contributed by atoms with van der Waals surface area (Å²) < 4.78 is 21.9. The number of aromatic hydroxyl groups is 1. The quantitative estimate of drug-likeness (QED) is 0.219. The zero-order valence-electron chi connectivity index (χ0n) is 15.7. The third-order valence-electron chi connectivity index (χ3n) is 5.05. The fourth-order valence-corrected chi connectivity index (χ4v) is 3.29. The van der Waals surface area contributed by atoms with Crippen LogP contribution in [0.3, 0.4) is 0 Å². The fraction of sp³-hybridized carbons (Fsp3) is 0.667. The molecule has 3 rings (SSSR count). The van der Waals surface area contributed by atoms with Crippen LogP contribution in [-0.4, -0.2) is 115 Å². The van der Waals surface area contributed by atoms with Gasteiger partial charge < -0.3 is 59.8 Å². The van der Waals surface area contributed by atoms with E-state index in [0.29, 0.717) is 0 Å². The third kappa shape index (κ3) is 4.68. The van der Waals surface area contributed by atoms with E-state index in [9.17, 15) is 40.9 Å². The predicted molar refractivity (Wildman–Crippen MR) is 95.1 cm³/mol. The second-order valence-corrected chi connectivity index (χ2v) is 7.12. The largest absolute Gasteiger partial charge is 0.508 e. The molecule has 10 atom stereocenters. The molecular weight excluding hydrogens is 408 g/mol. The Kier molecular flexibility index (Phi) is 7.47. The smallest absolute Gasteiger partial charge is 0.229 e. The molecule has 8 N–H and O–H groups in total. The Hall–Kier alpha value is -1.58. The van der Waals surface area contributed by atoms with Crippen molar-refractivity contribution >= 4 is 0 Å². The Morgan fingerprint density at radius 1 is 0.700 bits per heavy atom. The van der Waals surface area contributed by atoms with E-state index in [-0.39, 0.29) is 11.5 Å². The lowest BCUT2D eigenvalue weighted by molar-refractivity contribution is -0.357. The van der Waals surface area contributed by atoms with Crippen molar-refractivity contribution in [1.82, 2.24) is 0 Å². The lowest BCUT2D eigenvalue weighted by Gasteiger charge is -2.45. The highest BCUT2D eigenvalue weighted by Crippen LogP contribution is 2.30. The number of benzene rings is 1. The lowest BCUT2D eigenvalue weighted by atomic mass is 9.97. The number of ether oxygens (including phenoxy) is 4. The first-order valence-electron chi connectivity index (χ1n) is 9.31. The summed E-state index contributed by atoms with van der Waals surface area (Å²) in [6, 6.07) is 5.46. The van der Waals surface area contributed by atoms with Crippen molar-refractivity contribution in [2.75, 3.05) is 13.2 Å². The summed E-state index contributed by atoms with van der Waals surface area (Å²) in [5.41, 5.74) is 0. The molecule has 2 saturated heterocycles. The van der Waals surface area contributed by atoms with Gasteiger partial charge in [0.05, 0.1) is 13.2 Å². The van der Waals surface area contributed by atoms with Gasteiger partial charge in [-0.2, -0.15) is 0 Å². The van der Waals surface area contributed by atoms with Gasteiger partial charge in [-0.15, -0.1) is 0 Å². The van der Waals surface area contributed by atoms with Crippen LogP contribution in [0.4, 0.5) is 0 Å². The summed E-state index contributed by atoms with van der Waals surface area (Å²) in [4.78, 5) is 0. The number of phenols is 1. The number of phenolic OH excluding ortho intramolecular Hbond substituents is 1. The van der Waals surface area contributed by atoms with Crippen molar-refractivity contribution in [3.63, 3.8) is 0 Å². The number of aliphatic hydroxyl groups excluding tert-OH is 7. The Morgan fingerprint density at radius 2 is 1.23 bits per heavy atom. The van der Waals surface area contributed by atoms with Gasteiger partial charge in [-0.05, 0) is 24.3 Å². The molecule has 0 bridgehead atoms. The summed E-state index contributed by atoms with van der Waals surface area (Å²) in [5, 5.41) is 78.7. The zero-order chi connectivity index (χ0) is 22.0. The van der Waals surface area contributed by atoms with E-state index in [4.69, 9.17) is 18.9 Å². The molecule has 12 nitrogen and oxygen atoms in total. The Balaban J connectivity index is 1.81. The van der Waals surface area contributed by atoms with E-state index in [2.05, 4.69) is 0 Å². The number of aliphatic hydroxyl groups is 7. The van der Waals surface area contributed by atoms with Gasteiger partial charge in [-0.3, -0.25) is 0 Å².